The summed E-state index contributed by atoms with van der Waals surface area (Å²) in [4.78, 5) is 0.173. The van der Waals surface area contributed by atoms with Crippen LogP contribution in [0.15, 0.2) is 23.1 Å². The number of hydrogen-bond acceptors (Lipinski definition) is 4. The Bertz CT molecular complexity index is 611. The summed E-state index contributed by atoms with van der Waals surface area (Å²) in [5, 5.41) is 3.38. The van der Waals surface area contributed by atoms with Gasteiger partial charge in [-0.05, 0) is 12.1 Å². The molecule has 1 aliphatic rings. The molecule has 0 saturated heterocycles. The lowest BCUT2D eigenvalue weighted by Gasteiger charge is -2.07. The van der Waals surface area contributed by atoms with Gasteiger partial charge in [0, 0.05) is 13.0 Å². The molecule has 0 bridgehead atoms. The SMILES string of the molecule is COc1cc(S(=O)(=O)[N+]2=C(C)NCC2)ccc1Cl. The van der Waals surface area contributed by atoms with E-state index in [0.29, 0.717) is 29.7 Å². The zero-order valence-electron chi connectivity index (χ0n) is 10.1. The van der Waals surface area contributed by atoms with Crippen LogP contribution in [0.2, 0.25) is 5.02 Å². The van der Waals surface area contributed by atoms with Crippen molar-refractivity contribution in [1.82, 2.24) is 5.32 Å². The molecular weight excluding hydrogens is 276 g/mol. The molecule has 1 aromatic rings. The molecule has 7 heteroatoms. The Morgan fingerprint density at radius 1 is 1.44 bits per heavy atom. The first-order chi connectivity index (χ1) is 8.46. The number of nitrogens with zero attached hydrogens (tertiary/aromatic N) is 1. The van der Waals surface area contributed by atoms with Gasteiger partial charge in [0.25, 0.3) is 5.84 Å². The van der Waals surface area contributed by atoms with Gasteiger partial charge in [-0.15, -0.1) is 3.98 Å². The fraction of sp³-hybridized carbons (Fsp3) is 0.364. The van der Waals surface area contributed by atoms with E-state index in [1.807, 2.05) is 0 Å². The summed E-state index contributed by atoms with van der Waals surface area (Å²) >= 11 is 5.88. The average Bonchev–Trinajstić information content (AvgIpc) is 2.76. The quantitative estimate of drug-likeness (QED) is 0.846. The number of benzene rings is 1. The Balaban J connectivity index is 2.52. The van der Waals surface area contributed by atoms with Crippen LogP contribution in [0.3, 0.4) is 0 Å². The van der Waals surface area contributed by atoms with Crippen molar-refractivity contribution in [3.63, 3.8) is 0 Å². The minimum Gasteiger partial charge on any atom is -0.495 e. The van der Waals surface area contributed by atoms with E-state index >= 15 is 0 Å². The largest absolute Gasteiger partial charge is 0.495 e. The van der Waals surface area contributed by atoms with Gasteiger partial charge in [0.15, 0.2) is 0 Å². The highest BCUT2D eigenvalue weighted by atomic mass is 35.5. The highest BCUT2D eigenvalue weighted by Gasteiger charge is 2.30. The van der Waals surface area contributed by atoms with Crippen LogP contribution in [-0.2, 0) is 10.0 Å². The van der Waals surface area contributed by atoms with Crippen LogP contribution in [0.5, 0.6) is 5.75 Å². The fourth-order valence-electron chi connectivity index (χ4n) is 1.82. The molecule has 98 valence electrons. The molecule has 0 amide bonds. The van der Waals surface area contributed by atoms with Crippen LogP contribution in [0, 0.1) is 0 Å². The van der Waals surface area contributed by atoms with E-state index in [2.05, 4.69) is 5.32 Å². The Kier molecular flexibility index (Phi) is 3.49. The molecule has 0 aliphatic carbocycles. The molecule has 0 fully saturated rings. The van der Waals surface area contributed by atoms with Crippen molar-refractivity contribution >= 4 is 27.5 Å². The maximum atomic E-state index is 12.4. The Hall–Kier alpha value is -1.27. The molecule has 0 aromatic heterocycles. The molecule has 5 nitrogen and oxygen atoms in total. The lowest BCUT2D eigenvalue weighted by atomic mass is 10.3. The molecule has 0 atom stereocenters. The number of methoxy groups -OCH3 is 1. The number of rotatable bonds is 3. The van der Waals surface area contributed by atoms with Crippen molar-refractivity contribution in [3.05, 3.63) is 23.2 Å². The topological polar surface area (TPSA) is 58.4 Å². The first-order valence-electron chi connectivity index (χ1n) is 5.40. The summed E-state index contributed by atoms with van der Waals surface area (Å²) in [5.74, 6) is 0.978. The van der Waals surface area contributed by atoms with Gasteiger partial charge >= 0.3 is 10.0 Å². The van der Waals surface area contributed by atoms with Crippen molar-refractivity contribution in [2.75, 3.05) is 20.2 Å². The minimum atomic E-state index is -3.54. The summed E-state index contributed by atoms with van der Waals surface area (Å²) in [7, 11) is -2.09. The van der Waals surface area contributed by atoms with E-state index < -0.39 is 10.0 Å². The second-order valence-corrected chi connectivity index (χ2v) is 6.16. The first kappa shape index (κ1) is 13.2. The number of sulfonamides is 1. The summed E-state index contributed by atoms with van der Waals surface area (Å²) in [6.07, 6.45) is 0. The summed E-state index contributed by atoms with van der Waals surface area (Å²) in [6, 6.07) is 4.43. The third-order valence-electron chi connectivity index (χ3n) is 2.78. The number of nitrogens with one attached hydrogen (secondary N) is 1. The third-order valence-corrected chi connectivity index (χ3v) is 4.98. The van der Waals surface area contributed by atoms with Crippen LogP contribution in [0.25, 0.3) is 0 Å². The Morgan fingerprint density at radius 3 is 2.72 bits per heavy atom. The van der Waals surface area contributed by atoms with Gasteiger partial charge in [0.05, 0.1) is 12.1 Å². The second kappa shape index (κ2) is 4.78. The van der Waals surface area contributed by atoms with E-state index in [-0.39, 0.29) is 4.90 Å². The molecule has 0 radical (unpaired) electrons. The maximum Gasteiger partial charge on any atom is 0.331 e. The van der Waals surface area contributed by atoms with E-state index in [0.717, 1.165) is 0 Å². The average molecular weight is 290 g/mol. The van der Waals surface area contributed by atoms with Gasteiger partial charge in [-0.25, -0.2) is 0 Å². The van der Waals surface area contributed by atoms with E-state index in [1.54, 1.807) is 6.92 Å². The van der Waals surface area contributed by atoms with Crippen LogP contribution < -0.4 is 10.1 Å². The predicted octanol–water partition coefficient (Wildman–Crippen LogP) is 1.07. The standard InChI is InChI=1S/C11H13ClN2O3S/c1-8-13-5-6-14(8)18(15,16)9-3-4-10(12)11(7-9)17-2/h3-4,7H,5-6H2,1-2H3/p+1. The van der Waals surface area contributed by atoms with Crippen molar-refractivity contribution in [3.8, 4) is 5.75 Å². The predicted molar refractivity (Wildman–Crippen MR) is 69.0 cm³/mol. The number of hydrogen-bond donors (Lipinski definition) is 1. The lowest BCUT2D eigenvalue weighted by Crippen LogP contribution is -2.25. The monoisotopic (exact) mass is 289 g/mol. The van der Waals surface area contributed by atoms with Gasteiger partial charge < -0.3 is 4.74 Å². The molecule has 1 aliphatic heterocycles. The van der Waals surface area contributed by atoms with Crippen molar-refractivity contribution < 1.29 is 17.1 Å². The highest BCUT2D eigenvalue weighted by Crippen LogP contribution is 2.27. The van der Waals surface area contributed by atoms with Crippen molar-refractivity contribution in [2.24, 2.45) is 0 Å². The smallest absolute Gasteiger partial charge is 0.331 e. The number of halogens is 1. The molecule has 18 heavy (non-hydrogen) atoms. The van der Waals surface area contributed by atoms with E-state index in [9.17, 15) is 8.42 Å². The van der Waals surface area contributed by atoms with E-state index in [1.165, 1.54) is 29.3 Å². The third kappa shape index (κ3) is 2.18. The van der Waals surface area contributed by atoms with Gasteiger partial charge in [-0.3, -0.25) is 5.32 Å². The Morgan fingerprint density at radius 2 is 2.17 bits per heavy atom. The van der Waals surface area contributed by atoms with Gasteiger partial charge in [-0.1, -0.05) is 11.6 Å². The second-order valence-electron chi connectivity index (χ2n) is 3.89. The molecule has 1 N–H and O–H groups in total. The lowest BCUT2D eigenvalue weighted by molar-refractivity contribution is -0.353. The maximum absolute atomic E-state index is 12.4. The first-order valence-corrected chi connectivity index (χ1v) is 7.22. The molecule has 0 unspecified atom stereocenters. The normalized spacial score (nSPS) is 15.7. The molecule has 1 heterocycles. The van der Waals surface area contributed by atoms with Gasteiger partial charge in [0.2, 0.25) is 0 Å². The highest BCUT2D eigenvalue weighted by molar-refractivity contribution is 7.85. The Labute approximate surface area is 111 Å². The zero-order valence-corrected chi connectivity index (χ0v) is 11.7. The fourth-order valence-corrected chi connectivity index (χ4v) is 3.52. The molecule has 0 spiro atoms. The van der Waals surface area contributed by atoms with Gasteiger partial charge in [0.1, 0.15) is 23.7 Å². The summed E-state index contributed by atoms with van der Waals surface area (Å²) in [6.45, 7) is 2.78. The van der Waals surface area contributed by atoms with Crippen LogP contribution in [0.1, 0.15) is 6.92 Å². The van der Waals surface area contributed by atoms with Crippen LogP contribution >= 0.6 is 11.6 Å². The van der Waals surface area contributed by atoms with Crippen molar-refractivity contribution in [1.29, 1.82) is 0 Å². The van der Waals surface area contributed by atoms with Crippen molar-refractivity contribution in [2.45, 2.75) is 11.8 Å². The van der Waals surface area contributed by atoms with E-state index in [4.69, 9.17) is 16.3 Å². The number of amidine groups is 1. The molecule has 2 rings (SSSR count). The van der Waals surface area contributed by atoms with Crippen LogP contribution in [0.4, 0.5) is 0 Å². The summed E-state index contributed by atoms with van der Waals surface area (Å²) in [5.41, 5.74) is 0. The zero-order chi connectivity index (χ0) is 13.3. The minimum absolute atomic E-state index is 0.173. The summed E-state index contributed by atoms with van der Waals surface area (Å²) < 4.78 is 31.2. The molecule has 1 aromatic carbocycles. The van der Waals surface area contributed by atoms with Gasteiger partial charge in [-0.2, -0.15) is 8.42 Å². The van der Waals surface area contributed by atoms with Crippen LogP contribution in [-0.4, -0.2) is 38.4 Å². The molecule has 0 saturated carbocycles. The molecular formula is C11H14ClN2O3S+. The number of ether oxygens (including phenoxy) is 1.